The van der Waals surface area contributed by atoms with E-state index in [9.17, 15) is 0 Å². The number of thiocarbonyl (C=S) groups is 1. The fraction of sp³-hybridized carbons (Fsp3) is 0.167. The molecule has 0 fully saturated rings. The fourth-order valence-electron chi connectivity index (χ4n) is 0.275. The molecule has 0 spiro atoms. The van der Waals surface area contributed by atoms with E-state index in [0.717, 1.165) is 5.57 Å². The molecule has 0 heterocycles. The molecule has 0 unspecified atom stereocenters. The first-order chi connectivity index (χ1) is 3.68. The zero-order valence-electron chi connectivity index (χ0n) is 4.68. The molecule has 0 saturated carbocycles. The zero-order valence-corrected chi connectivity index (χ0v) is 5.50. The number of hydrogen-bond donors (Lipinski definition) is 1. The Bertz CT molecular complexity index is 126. The lowest BCUT2D eigenvalue weighted by Gasteiger charge is -1.94. The van der Waals surface area contributed by atoms with E-state index in [1.807, 2.05) is 0 Å². The van der Waals surface area contributed by atoms with E-state index in [1.165, 1.54) is 0 Å². The maximum atomic E-state index is 5.21. The normalized spacial score (nSPS) is 8.00. The Kier molecular flexibility index (Phi) is 3.12. The highest BCUT2D eigenvalue weighted by atomic mass is 32.1. The van der Waals surface area contributed by atoms with Crippen molar-refractivity contribution in [2.75, 3.05) is 0 Å². The third-order valence-electron chi connectivity index (χ3n) is 0.739. The summed E-state index contributed by atoms with van der Waals surface area (Å²) in [6.07, 6.45) is 2.41. The lowest BCUT2D eigenvalue weighted by Crippen LogP contribution is -2.09. The molecule has 0 aliphatic carbocycles. The summed E-state index contributed by atoms with van der Waals surface area (Å²) in [6, 6.07) is 0. The first kappa shape index (κ1) is 7.37. The Morgan fingerprint density at radius 1 is 1.75 bits per heavy atom. The van der Waals surface area contributed by atoms with Crippen molar-refractivity contribution in [3.05, 3.63) is 24.8 Å². The van der Waals surface area contributed by atoms with Crippen molar-refractivity contribution in [3.8, 4) is 0 Å². The van der Waals surface area contributed by atoms with Crippen LogP contribution in [-0.4, -0.2) is 4.99 Å². The maximum Gasteiger partial charge on any atom is 0.0991 e. The van der Waals surface area contributed by atoms with Crippen molar-refractivity contribution in [1.29, 1.82) is 0 Å². The molecule has 2 N–H and O–H groups in total. The Morgan fingerprint density at radius 2 is 2.25 bits per heavy atom. The fourth-order valence-corrected chi connectivity index (χ4v) is 0.358. The second-order valence-electron chi connectivity index (χ2n) is 1.46. The average Bonchev–Trinajstić information content (AvgIpc) is 1.67. The molecule has 0 atom stereocenters. The van der Waals surface area contributed by atoms with E-state index in [2.05, 4.69) is 25.4 Å². The van der Waals surface area contributed by atoms with Crippen molar-refractivity contribution >= 4 is 17.2 Å². The van der Waals surface area contributed by atoms with Crippen LogP contribution < -0.4 is 5.73 Å². The minimum Gasteiger partial charge on any atom is -0.390 e. The van der Waals surface area contributed by atoms with Crippen molar-refractivity contribution < 1.29 is 0 Å². The Balaban J connectivity index is 3.65. The van der Waals surface area contributed by atoms with E-state index in [4.69, 9.17) is 5.73 Å². The van der Waals surface area contributed by atoms with Gasteiger partial charge in [0, 0.05) is 0 Å². The molecule has 0 aliphatic heterocycles. The van der Waals surface area contributed by atoms with Gasteiger partial charge in [0.25, 0.3) is 0 Å². The van der Waals surface area contributed by atoms with Crippen LogP contribution in [0.2, 0.25) is 0 Å². The molecule has 2 heteroatoms. The molecular weight excluding hydrogens is 118 g/mol. The zero-order chi connectivity index (χ0) is 6.57. The van der Waals surface area contributed by atoms with Gasteiger partial charge in [-0.15, -0.1) is 6.58 Å². The van der Waals surface area contributed by atoms with Gasteiger partial charge in [0.2, 0.25) is 0 Å². The van der Waals surface area contributed by atoms with Gasteiger partial charge in [-0.25, -0.2) is 0 Å². The quantitative estimate of drug-likeness (QED) is 0.352. The van der Waals surface area contributed by atoms with Gasteiger partial charge in [-0.1, -0.05) is 24.9 Å². The van der Waals surface area contributed by atoms with Gasteiger partial charge in [-0.05, 0) is 12.0 Å². The Morgan fingerprint density at radius 3 is 2.38 bits per heavy atom. The van der Waals surface area contributed by atoms with Crippen LogP contribution in [-0.2, 0) is 0 Å². The van der Waals surface area contributed by atoms with E-state index in [-0.39, 0.29) is 0 Å². The van der Waals surface area contributed by atoms with E-state index in [1.54, 1.807) is 6.08 Å². The van der Waals surface area contributed by atoms with Gasteiger partial charge in [0.1, 0.15) is 0 Å². The molecule has 0 aromatic heterocycles. The number of nitrogens with two attached hydrogens (primary N) is 1. The minimum absolute atomic E-state index is 0.380. The van der Waals surface area contributed by atoms with Crippen LogP contribution in [0.4, 0.5) is 0 Å². The summed E-state index contributed by atoms with van der Waals surface area (Å²) in [6.45, 7) is 7.11. The molecule has 0 amide bonds. The molecule has 0 radical (unpaired) electrons. The minimum atomic E-state index is 0.380. The molecule has 0 bridgehead atoms. The van der Waals surface area contributed by atoms with Crippen LogP contribution in [0.25, 0.3) is 0 Å². The topological polar surface area (TPSA) is 26.0 Å². The lowest BCUT2D eigenvalue weighted by atomic mass is 10.2. The summed E-state index contributed by atoms with van der Waals surface area (Å²) in [4.78, 5) is 0.380. The van der Waals surface area contributed by atoms with Gasteiger partial charge >= 0.3 is 0 Å². The summed E-state index contributed by atoms with van der Waals surface area (Å²) < 4.78 is 0. The van der Waals surface area contributed by atoms with Gasteiger partial charge in [-0.3, -0.25) is 0 Å². The SMILES string of the molecule is C=CCC(=C)C(N)=S. The van der Waals surface area contributed by atoms with Crippen molar-refractivity contribution in [1.82, 2.24) is 0 Å². The van der Waals surface area contributed by atoms with Crippen LogP contribution in [0, 0.1) is 0 Å². The highest BCUT2D eigenvalue weighted by molar-refractivity contribution is 7.80. The van der Waals surface area contributed by atoms with E-state index in [0.29, 0.717) is 11.4 Å². The second kappa shape index (κ2) is 3.38. The van der Waals surface area contributed by atoms with Crippen molar-refractivity contribution in [2.45, 2.75) is 6.42 Å². The third kappa shape index (κ3) is 2.53. The molecular formula is C6H9NS. The summed E-state index contributed by atoms with van der Waals surface area (Å²) in [5.74, 6) is 0. The van der Waals surface area contributed by atoms with Crippen LogP contribution in [0.3, 0.4) is 0 Å². The number of hydrogen-bond acceptors (Lipinski definition) is 1. The predicted octanol–water partition coefficient (Wildman–Crippen LogP) is 1.40. The van der Waals surface area contributed by atoms with Crippen LogP contribution >= 0.6 is 12.2 Å². The van der Waals surface area contributed by atoms with Gasteiger partial charge in [-0.2, -0.15) is 0 Å². The number of allylic oxidation sites excluding steroid dienone is 1. The first-order valence-electron chi connectivity index (χ1n) is 2.27. The van der Waals surface area contributed by atoms with Crippen LogP contribution in [0.15, 0.2) is 24.8 Å². The molecule has 1 nitrogen and oxygen atoms in total. The summed E-state index contributed by atoms with van der Waals surface area (Å²) in [5, 5.41) is 0. The largest absolute Gasteiger partial charge is 0.390 e. The molecule has 44 valence electrons. The van der Waals surface area contributed by atoms with Crippen molar-refractivity contribution in [2.24, 2.45) is 5.73 Å². The first-order valence-corrected chi connectivity index (χ1v) is 2.67. The van der Waals surface area contributed by atoms with Gasteiger partial charge in [0.15, 0.2) is 0 Å². The monoisotopic (exact) mass is 127 g/mol. The highest BCUT2D eigenvalue weighted by Gasteiger charge is 1.90. The molecule has 0 rings (SSSR count). The summed E-state index contributed by atoms with van der Waals surface area (Å²) in [7, 11) is 0. The Hall–Kier alpha value is -0.630. The average molecular weight is 127 g/mol. The van der Waals surface area contributed by atoms with Gasteiger partial charge < -0.3 is 5.73 Å². The van der Waals surface area contributed by atoms with Crippen LogP contribution in [0.5, 0.6) is 0 Å². The Labute approximate surface area is 54.9 Å². The molecule has 0 aromatic rings. The number of rotatable bonds is 3. The van der Waals surface area contributed by atoms with E-state index >= 15 is 0 Å². The third-order valence-corrected chi connectivity index (χ3v) is 1.03. The summed E-state index contributed by atoms with van der Waals surface area (Å²) >= 11 is 4.61. The van der Waals surface area contributed by atoms with E-state index < -0.39 is 0 Å². The van der Waals surface area contributed by atoms with Crippen LogP contribution in [0.1, 0.15) is 6.42 Å². The summed E-state index contributed by atoms with van der Waals surface area (Å²) in [5.41, 5.74) is 5.98. The second-order valence-corrected chi connectivity index (χ2v) is 1.90. The highest BCUT2D eigenvalue weighted by Crippen LogP contribution is 1.96. The van der Waals surface area contributed by atoms with Crippen molar-refractivity contribution in [3.63, 3.8) is 0 Å². The van der Waals surface area contributed by atoms with Gasteiger partial charge in [0.05, 0.1) is 4.99 Å². The maximum absolute atomic E-state index is 5.21. The standard InChI is InChI=1S/C6H9NS/c1-3-4-5(2)6(7)8/h3H,1-2,4H2,(H2,7,8). The molecule has 0 aliphatic rings. The molecule has 0 aromatic carbocycles. The smallest absolute Gasteiger partial charge is 0.0991 e. The lowest BCUT2D eigenvalue weighted by molar-refractivity contribution is 1.34. The molecule has 8 heavy (non-hydrogen) atoms. The predicted molar refractivity (Wildman–Crippen MR) is 40.7 cm³/mol. The molecule has 0 saturated heterocycles.